The molecule has 4 heteroatoms. The number of nitrogens with zero attached hydrogens (tertiary/aromatic N) is 1. The van der Waals surface area contributed by atoms with Crippen LogP contribution in [0.25, 0.3) is 0 Å². The molecule has 1 heterocycles. The lowest BCUT2D eigenvalue weighted by molar-refractivity contribution is 0.0678. The quantitative estimate of drug-likeness (QED) is 0.748. The molecule has 4 nitrogen and oxygen atoms in total. The zero-order valence-corrected chi connectivity index (χ0v) is 10.1. The number of allylic oxidation sites excluding steroid dienone is 1. The standard InChI is InChI=1S/C12H21NO3/c1-10(2)16-12(15)13-7-5-11(6-8-13)4-3-9-14/h3-4,10-11,14H,5-9H2,1-2H3/b4-3+. The maximum atomic E-state index is 11.6. The van der Waals surface area contributed by atoms with Gasteiger partial charge in [-0.15, -0.1) is 0 Å². The highest BCUT2D eigenvalue weighted by molar-refractivity contribution is 5.67. The lowest BCUT2D eigenvalue weighted by Crippen LogP contribution is -2.39. The van der Waals surface area contributed by atoms with Crippen molar-refractivity contribution in [1.82, 2.24) is 4.90 Å². The van der Waals surface area contributed by atoms with Crippen LogP contribution >= 0.6 is 0 Å². The van der Waals surface area contributed by atoms with Crippen LogP contribution in [0.3, 0.4) is 0 Å². The fraction of sp³-hybridized carbons (Fsp3) is 0.750. The second-order valence-electron chi connectivity index (χ2n) is 4.37. The summed E-state index contributed by atoms with van der Waals surface area (Å²) in [5.41, 5.74) is 0. The smallest absolute Gasteiger partial charge is 0.410 e. The van der Waals surface area contributed by atoms with Crippen molar-refractivity contribution >= 4 is 6.09 Å². The molecule has 0 atom stereocenters. The van der Waals surface area contributed by atoms with E-state index in [9.17, 15) is 4.79 Å². The number of piperidine rings is 1. The maximum absolute atomic E-state index is 11.6. The van der Waals surface area contributed by atoms with E-state index in [1.54, 1.807) is 11.0 Å². The van der Waals surface area contributed by atoms with Crippen LogP contribution in [0.1, 0.15) is 26.7 Å². The molecular weight excluding hydrogens is 206 g/mol. The Morgan fingerprint density at radius 2 is 2.12 bits per heavy atom. The summed E-state index contributed by atoms with van der Waals surface area (Å²) in [6.07, 6.45) is 5.43. The molecular formula is C12H21NO3. The van der Waals surface area contributed by atoms with Crippen molar-refractivity contribution in [3.05, 3.63) is 12.2 Å². The van der Waals surface area contributed by atoms with Crippen LogP contribution in [-0.2, 0) is 4.74 Å². The van der Waals surface area contributed by atoms with E-state index < -0.39 is 0 Å². The third kappa shape index (κ3) is 4.23. The van der Waals surface area contributed by atoms with Crippen LogP contribution in [0.15, 0.2) is 12.2 Å². The Hall–Kier alpha value is -1.03. The Labute approximate surface area is 96.9 Å². The normalized spacial score (nSPS) is 18.4. The number of carbonyl (C=O) groups is 1. The predicted molar refractivity (Wildman–Crippen MR) is 62.1 cm³/mol. The lowest BCUT2D eigenvalue weighted by atomic mass is 9.97. The van der Waals surface area contributed by atoms with Crippen LogP contribution in [0.5, 0.6) is 0 Å². The molecule has 16 heavy (non-hydrogen) atoms. The van der Waals surface area contributed by atoms with E-state index in [1.165, 1.54) is 0 Å². The first-order valence-corrected chi connectivity index (χ1v) is 5.86. The molecule has 1 saturated heterocycles. The summed E-state index contributed by atoms with van der Waals surface area (Å²) in [6.45, 7) is 5.29. The number of likely N-dealkylation sites (tertiary alicyclic amines) is 1. The fourth-order valence-electron chi connectivity index (χ4n) is 1.80. The number of amides is 1. The van der Waals surface area contributed by atoms with Gasteiger partial charge in [0.2, 0.25) is 0 Å². The van der Waals surface area contributed by atoms with Crippen molar-refractivity contribution in [2.45, 2.75) is 32.8 Å². The minimum absolute atomic E-state index is 0.0560. The van der Waals surface area contributed by atoms with Gasteiger partial charge in [-0.05, 0) is 32.6 Å². The van der Waals surface area contributed by atoms with Crippen LogP contribution in [-0.4, -0.2) is 41.9 Å². The zero-order chi connectivity index (χ0) is 12.0. The van der Waals surface area contributed by atoms with Gasteiger partial charge in [-0.25, -0.2) is 4.79 Å². The van der Waals surface area contributed by atoms with E-state index in [4.69, 9.17) is 9.84 Å². The van der Waals surface area contributed by atoms with Crippen LogP contribution in [0.4, 0.5) is 4.79 Å². The first-order valence-electron chi connectivity index (χ1n) is 5.86. The minimum atomic E-state index is -0.209. The second-order valence-corrected chi connectivity index (χ2v) is 4.37. The molecule has 1 aliphatic heterocycles. The summed E-state index contributed by atoms with van der Waals surface area (Å²) >= 11 is 0. The molecule has 0 radical (unpaired) electrons. The number of hydrogen-bond donors (Lipinski definition) is 1. The highest BCUT2D eigenvalue weighted by atomic mass is 16.6. The van der Waals surface area contributed by atoms with Crippen molar-refractivity contribution in [1.29, 1.82) is 0 Å². The highest BCUT2D eigenvalue weighted by Gasteiger charge is 2.22. The van der Waals surface area contributed by atoms with Crippen LogP contribution < -0.4 is 0 Å². The first kappa shape index (κ1) is 13.0. The van der Waals surface area contributed by atoms with Crippen LogP contribution in [0.2, 0.25) is 0 Å². The van der Waals surface area contributed by atoms with Crippen molar-refractivity contribution in [2.75, 3.05) is 19.7 Å². The van der Waals surface area contributed by atoms with Gasteiger partial charge < -0.3 is 14.7 Å². The van der Waals surface area contributed by atoms with Crippen molar-refractivity contribution in [2.24, 2.45) is 5.92 Å². The summed E-state index contributed by atoms with van der Waals surface area (Å²) in [4.78, 5) is 13.3. The van der Waals surface area contributed by atoms with Gasteiger partial charge in [0.15, 0.2) is 0 Å². The third-order valence-corrected chi connectivity index (χ3v) is 2.65. The molecule has 1 N–H and O–H groups in total. The fourth-order valence-corrected chi connectivity index (χ4v) is 1.80. The molecule has 1 rings (SSSR count). The molecule has 1 amide bonds. The van der Waals surface area contributed by atoms with Gasteiger partial charge in [-0.1, -0.05) is 12.2 Å². The Balaban J connectivity index is 2.31. The Bertz CT molecular complexity index is 243. The van der Waals surface area contributed by atoms with Crippen molar-refractivity contribution in [3.63, 3.8) is 0 Å². The zero-order valence-electron chi connectivity index (χ0n) is 10.1. The number of hydrogen-bond acceptors (Lipinski definition) is 3. The number of rotatable bonds is 3. The predicted octanol–water partition coefficient (Wildman–Crippen LogP) is 1.79. The van der Waals surface area contributed by atoms with Gasteiger partial charge >= 0.3 is 6.09 Å². The minimum Gasteiger partial charge on any atom is -0.447 e. The van der Waals surface area contributed by atoms with E-state index in [1.807, 2.05) is 19.9 Å². The molecule has 1 fully saturated rings. The summed E-state index contributed by atoms with van der Waals surface area (Å²) in [5.74, 6) is 0.482. The maximum Gasteiger partial charge on any atom is 0.410 e. The summed E-state index contributed by atoms with van der Waals surface area (Å²) in [7, 11) is 0. The third-order valence-electron chi connectivity index (χ3n) is 2.65. The monoisotopic (exact) mass is 227 g/mol. The summed E-state index contributed by atoms with van der Waals surface area (Å²) in [5, 5.41) is 8.66. The van der Waals surface area contributed by atoms with Gasteiger partial charge in [0.1, 0.15) is 0 Å². The summed E-state index contributed by atoms with van der Waals surface area (Å²) in [6, 6.07) is 0. The lowest BCUT2D eigenvalue weighted by Gasteiger charge is -2.30. The second kappa shape index (κ2) is 6.53. The van der Waals surface area contributed by atoms with Gasteiger partial charge in [-0.3, -0.25) is 0 Å². The molecule has 0 saturated carbocycles. The first-order chi connectivity index (χ1) is 7.63. The van der Waals surface area contributed by atoms with Gasteiger partial charge in [-0.2, -0.15) is 0 Å². The van der Waals surface area contributed by atoms with E-state index in [0.717, 1.165) is 25.9 Å². The molecule has 0 spiro atoms. The molecule has 0 aromatic rings. The molecule has 0 bridgehead atoms. The van der Waals surface area contributed by atoms with Gasteiger partial charge in [0, 0.05) is 13.1 Å². The van der Waals surface area contributed by atoms with E-state index in [-0.39, 0.29) is 18.8 Å². The number of ether oxygens (including phenoxy) is 1. The largest absolute Gasteiger partial charge is 0.447 e. The SMILES string of the molecule is CC(C)OC(=O)N1CCC(/C=C/CO)CC1. The number of aliphatic hydroxyl groups excluding tert-OH is 1. The van der Waals surface area contributed by atoms with Gasteiger partial charge in [0.25, 0.3) is 0 Å². The highest BCUT2D eigenvalue weighted by Crippen LogP contribution is 2.19. The average Bonchev–Trinajstić information content (AvgIpc) is 2.26. The Morgan fingerprint density at radius 1 is 1.50 bits per heavy atom. The Kier molecular flexibility index (Phi) is 5.32. The topological polar surface area (TPSA) is 49.8 Å². The van der Waals surface area contributed by atoms with Gasteiger partial charge in [0.05, 0.1) is 12.7 Å². The van der Waals surface area contributed by atoms with E-state index in [0.29, 0.717) is 5.92 Å². The molecule has 0 aliphatic carbocycles. The molecule has 0 aromatic heterocycles. The molecule has 0 unspecified atom stereocenters. The molecule has 0 aromatic carbocycles. The number of carbonyl (C=O) groups excluding carboxylic acids is 1. The number of aliphatic hydroxyl groups is 1. The summed E-state index contributed by atoms with van der Waals surface area (Å²) < 4.78 is 5.14. The Morgan fingerprint density at radius 3 is 2.62 bits per heavy atom. The van der Waals surface area contributed by atoms with Crippen molar-refractivity contribution < 1.29 is 14.6 Å². The van der Waals surface area contributed by atoms with Crippen LogP contribution in [0, 0.1) is 5.92 Å². The average molecular weight is 227 g/mol. The van der Waals surface area contributed by atoms with E-state index >= 15 is 0 Å². The molecule has 92 valence electrons. The van der Waals surface area contributed by atoms with Crippen molar-refractivity contribution in [3.8, 4) is 0 Å². The van der Waals surface area contributed by atoms with E-state index in [2.05, 4.69) is 0 Å². The molecule has 1 aliphatic rings.